The van der Waals surface area contributed by atoms with Crippen molar-refractivity contribution in [2.24, 2.45) is 0 Å². The molecule has 0 radical (unpaired) electrons. The van der Waals surface area contributed by atoms with Crippen LogP contribution < -0.4 is 5.32 Å². The molecule has 1 rings (SSSR count). The van der Waals surface area contributed by atoms with E-state index in [0.29, 0.717) is 13.0 Å². The molecule has 3 nitrogen and oxygen atoms in total. The third-order valence-corrected chi connectivity index (χ3v) is 3.46. The zero-order chi connectivity index (χ0) is 11.8. The molecule has 16 heavy (non-hydrogen) atoms. The van der Waals surface area contributed by atoms with Crippen molar-refractivity contribution in [3.05, 3.63) is 21.9 Å². The molecule has 0 unspecified atom stereocenters. The van der Waals surface area contributed by atoms with Crippen LogP contribution in [0.1, 0.15) is 40.7 Å². The van der Waals surface area contributed by atoms with E-state index in [-0.39, 0.29) is 5.91 Å². The Morgan fingerprint density at radius 1 is 1.50 bits per heavy atom. The summed E-state index contributed by atoms with van der Waals surface area (Å²) in [5.74, 6) is 0.00153. The van der Waals surface area contributed by atoms with E-state index in [1.807, 2.05) is 12.1 Å². The van der Waals surface area contributed by atoms with Gasteiger partial charge in [0, 0.05) is 17.8 Å². The molecule has 0 spiro atoms. The molecule has 1 amide bonds. The molecule has 86 valence electrons. The van der Waals surface area contributed by atoms with Gasteiger partial charge in [-0.3, -0.25) is 4.79 Å². The molecule has 0 saturated heterocycles. The summed E-state index contributed by atoms with van der Waals surface area (Å²) in [6, 6.07) is 5.95. The van der Waals surface area contributed by atoms with Crippen molar-refractivity contribution in [1.29, 1.82) is 5.26 Å². The van der Waals surface area contributed by atoms with Crippen molar-refractivity contribution >= 4 is 17.2 Å². The molecule has 1 aromatic rings. The number of carbonyl (C=O) groups excluding carboxylic acids is 1. The number of unbranched alkanes of at least 4 members (excludes halogenated alkanes) is 2. The third-order valence-electron chi connectivity index (χ3n) is 2.23. The fraction of sp³-hybridized carbons (Fsp3) is 0.500. The van der Waals surface area contributed by atoms with Gasteiger partial charge in [-0.15, -0.1) is 11.3 Å². The van der Waals surface area contributed by atoms with E-state index in [4.69, 9.17) is 5.26 Å². The van der Waals surface area contributed by atoms with Crippen LogP contribution in [0.2, 0.25) is 0 Å². The highest BCUT2D eigenvalue weighted by atomic mass is 32.1. The van der Waals surface area contributed by atoms with Gasteiger partial charge in [0.15, 0.2) is 0 Å². The molecule has 1 N–H and O–H groups in total. The first-order chi connectivity index (χ1) is 7.77. The quantitative estimate of drug-likeness (QED) is 0.772. The minimum atomic E-state index is 0.00153. The molecule has 0 aliphatic rings. The summed E-state index contributed by atoms with van der Waals surface area (Å²) in [7, 11) is 0. The molecule has 0 aliphatic carbocycles. The third kappa shape index (κ3) is 4.03. The van der Waals surface area contributed by atoms with Crippen molar-refractivity contribution in [3.63, 3.8) is 0 Å². The number of hydrogen-bond acceptors (Lipinski definition) is 3. The number of hydrogen-bond donors (Lipinski definition) is 1. The van der Waals surface area contributed by atoms with Gasteiger partial charge in [-0.1, -0.05) is 6.92 Å². The van der Waals surface area contributed by atoms with E-state index in [1.54, 1.807) is 11.3 Å². The number of nitrogens with zero attached hydrogens (tertiary/aromatic N) is 1. The lowest BCUT2D eigenvalue weighted by atomic mass is 10.2. The Morgan fingerprint density at radius 3 is 2.94 bits per heavy atom. The zero-order valence-electron chi connectivity index (χ0n) is 9.45. The van der Waals surface area contributed by atoms with Crippen LogP contribution in [0.25, 0.3) is 0 Å². The number of carbonyl (C=O) groups is 1. The standard InChI is InChI=1S/C12H16N2OS/c1-2-10-6-7-11(16-10)12(15)14-9-5-3-4-8-13/h6-7H,2-5,9H2,1H3,(H,14,15). The van der Waals surface area contributed by atoms with Gasteiger partial charge >= 0.3 is 0 Å². The maximum Gasteiger partial charge on any atom is 0.261 e. The lowest BCUT2D eigenvalue weighted by molar-refractivity contribution is 0.0957. The number of nitriles is 1. The first kappa shape index (κ1) is 12.7. The first-order valence-corrected chi connectivity index (χ1v) is 6.33. The second-order valence-corrected chi connectivity index (χ2v) is 4.66. The molecule has 4 heteroatoms. The second-order valence-electron chi connectivity index (χ2n) is 3.49. The summed E-state index contributed by atoms with van der Waals surface area (Å²) in [6.07, 6.45) is 3.25. The molecule has 1 heterocycles. The number of amides is 1. The monoisotopic (exact) mass is 236 g/mol. The number of nitrogens with one attached hydrogen (secondary N) is 1. The predicted molar refractivity (Wildman–Crippen MR) is 65.5 cm³/mol. The summed E-state index contributed by atoms with van der Waals surface area (Å²) in [5, 5.41) is 11.2. The van der Waals surface area contributed by atoms with Crippen LogP contribution in [0.5, 0.6) is 0 Å². The van der Waals surface area contributed by atoms with Crippen LogP contribution in [0, 0.1) is 11.3 Å². The van der Waals surface area contributed by atoms with Crippen LogP contribution in [-0.2, 0) is 6.42 Å². The average molecular weight is 236 g/mol. The lowest BCUT2D eigenvalue weighted by Gasteiger charge is -2.01. The van der Waals surface area contributed by atoms with Crippen molar-refractivity contribution in [1.82, 2.24) is 5.32 Å². The Kier molecular flexibility index (Phi) is 5.58. The SMILES string of the molecule is CCc1ccc(C(=O)NCCCCC#N)s1. The second kappa shape index (κ2) is 7.02. The summed E-state index contributed by atoms with van der Waals surface area (Å²) < 4.78 is 0. The number of thiophene rings is 1. The highest BCUT2D eigenvalue weighted by Gasteiger charge is 2.07. The van der Waals surface area contributed by atoms with E-state index in [1.165, 1.54) is 4.88 Å². The van der Waals surface area contributed by atoms with Crippen LogP contribution in [0.3, 0.4) is 0 Å². The fourth-order valence-corrected chi connectivity index (χ4v) is 2.17. The van der Waals surface area contributed by atoms with Crippen LogP contribution >= 0.6 is 11.3 Å². The van der Waals surface area contributed by atoms with Gasteiger partial charge in [0.1, 0.15) is 0 Å². The largest absolute Gasteiger partial charge is 0.351 e. The summed E-state index contributed by atoms with van der Waals surface area (Å²) in [4.78, 5) is 13.6. The van der Waals surface area contributed by atoms with Gasteiger partial charge in [-0.2, -0.15) is 5.26 Å². The summed E-state index contributed by atoms with van der Waals surface area (Å²) >= 11 is 1.54. The van der Waals surface area contributed by atoms with Crippen LogP contribution in [0.4, 0.5) is 0 Å². The molecule has 1 aromatic heterocycles. The lowest BCUT2D eigenvalue weighted by Crippen LogP contribution is -2.23. The topological polar surface area (TPSA) is 52.9 Å². The van der Waals surface area contributed by atoms with Crippen molar-refractivity contribution in [2.45, 2.75) is 32.6 Å². The summed E-state index contributed by atoms with van der Waals surface area (Å²) in [5.41, 5.74) is 0. The van der Waals surface area contributed by atoms with Gasteiger partial charge < -0.3 is 5.32 Å². The van der Waals surface area contributed by atoms with E-state index in [0.717, 1.165) is 24.1 Å². The van der Waals surface area contributed by atoms with Crippen molar-refractivity contribution < 1.29 is 4.79 Å². The minimum absolute atomic E-state index is 0.00153. The molecule has 0 aliphatic heterocycles. The minimum Gasteiger partial charge on any atom is -0.351 e. The number of aryl methyl sites for hydroxylation is 1. The van der Waals surface area contributed by atoms with Crippen LogP contribution in [0.15, 0.2) is 12.1 Å². The Morgan fingerprint density at radius 2 is 2.31 bits per heavy atom. The molecule has 0 atom stereocenters. The van der Waals surface area contributed by atoms with E-state index in [9.17, 15) is 4.79 Å². The molecule has 0 bridgehead atoms. The van der Waals surface area contributed by atoms with Gasteiger partial charge in [0.05, 0.1) is 10.9 Å². The fourth-order valence-electron chi connectivity index (χ4n) is 1.31. The van der Waals surface area contributed by atoms with E-state index < -0.39 is 0 Å². The molecular formula is C12H16N2OS. The highest BCUT2D eigenvalue weighted by Crippen LogP contribution is 2.16. The van der Waals surface area contributed by atoms with Gasteiger partial charge in [0.2, 0.25) is 0 Å². The van der Waals surface area contributed by atoms with Crippen LogP contribution in [-0.4, -0.2) is 12.5 Å². The predicted octanol–water partition coefficient (Wildman–Crippen LogP) is 2.73. The normalized spacial score (nSPS) is 9.75. The van der Waals surface area contributed by atoms with Gasteiger partial charge in [0.25, 0.3) is 5.91 Å². The maximum atomic E-state index is 11.6. The van der Waals surface area contributed by atoms with E-state index >= 15 is 0 Å². The first-order valence-electron chi connectivity index (χ1n) is 5.51. The molecular weight excluding hydrogens is 220 g/mol. The zero-order valence-corrected chi connectivity index (χ0v) is 10.3. The number of rotatable bonds is 6. The Balaban J connectivity index is 2.27. The highest BCUT2D eigenvalue weighted by molar-refractivity contribution is 7.14. The van der Waals surface area contributed by atoms with E-state index in [2.05, 4.69) is 18.3 Å². The smallest absolute Gasteiger partial charge is 0.261 e. The Labute approximate surface area is 100 Å². The van der Waals surface area contributed by atoms with Crippen molar-refractivity contribution in [2.75, 3.05) is 6.54 Å². The Bertz CT molecular complexity index is 379. The summed E-state index contributed by atoms with van der Waals surface area (Å²) in [6.45, 7) is 2.73. The Hall–Kier alpha value is -1.34. The molecule has 0 aromatic carbocycles. The van der Waals surface area contributed by atoms with Crippen molar-refractivity contribution in [3.8, 4) is 6.07 Å². The molecule has 0 fully saturated rings. The average Bonchev–Trinajstić information content (AvgIpc) is 2.77. The maximum absolute atomic E-state index is 11.6. The van der Waals surface area contributed by atoms with Gasteiger partial charge in [-0.25, -0.2) is 0 Å². The molecule has 0 saturated carbocycles. The van der Waals surface area contributed by atoms with Gasteiger partial charge in [-0.05, 0) is 31.4 Å².